The number of methoxy groups -OCH3 is 1. The Morgan fingerprint density at radius 1 is 1.23 bits per heavy atom. The summed E-state index contributed by atoms with van der Waals surface area (Å²) >= 11 is 1.53. The van der Waals surface area contributed by atoms with E-state index in [1.54, 1.807) is 0 Å². The van der Waals surface area contributed by atoms with Gasteiger partial charge in [-0.1, -0.05) is 24.3 Å². The number of hydrogen-bond acceptors (Lipinski definition) is 5. The van der Waals surface area contributed by atoms with Crippen LogP contribution in [-0.2, 0) is 27.2 Å². The number of thiophene rings is 1. The summed E-state index contributed by atoms with van der Waals surface area (Å²) in [5.74, 6) is -0.853. The molecule has 2 heterocycles. The van der Waals surface area contributed by atoms with E-state index in [0.717, 1.165) is 21.3 Å². The van der Waals surface area contributed by atoms with E-state index in [-0.39, 0.29) is 5.91 Å². The van der Waals surface area contributed by atoms with E-state index >= 15 is 0 Å². The van der Waals surface area contributed by atoms with E-state index in [2.05, 4.69) is 10.3 Å². The summed E-state index contributed by atoms with van der Waals surface area (Å²) in [7, 11) is 1.31. The summed E-state index contributed by atoms with van der Waals surface area (Å²) in [5.41, 5.74) is 8.06. The molecule has 6 nitrogen and oxygen atoms in total. The van der Waals surface area contributed by atoms with Crippen LogP contribution in [0.4, 0.5) is 0 Å². The molecule has 136 valence electrons. The molecule has 4 N–H and O–H groups in total. The largest absolute Gasteiger partial charge is 0.467 e. The average Bonchev–Trinajstić information content (AvgIpc) is 3.30. The Morgan fingerprint density at radius 3 is 2.77 bits per heavy atom. The summed E-state index contributed by atoms with van der Waals surface area (Å²) in [4.78, 5) is 28.7. The fourth-order valence-electron chi connectivity index (χ4n) is 2.87. The molecule has 3 aromatic rings. The molecule has 0 aliphatic heterocycles. The Bertz CT molecular complexity index is 888. The smallest absolute Gasteiger partial charge is 0.328 e. The predicted molar refractivity (Wildman–Crippen MR) is 102 cm³/mol. The number of nitrogens with one attached hydrogen (secondary N) is 2. The quantitative estimate of drug-likeness (QED) is 0.553. The first-order valence-corrected chi connectivity index (χ1v) is 9.17. The Hall–Kier alpha value is -2.64. The fraction of sp³-hybridized carbons (Fsp3) is 0.263. The van der Waals surface area contributed by atoms with Crippen molar-refractivity contribution in [3.8, 4) is 0 Å². The standard InChI is InChI=1S/C19H21N3O3S/c1-25-19(24)17(10-13-5-4-8-26-13)22-18(23)15(20)9-12-11-21-16-7-3-2-6-14(12)16/h2-8,11,15,17,21H,9-10,20H2,1H3,(H,22,23). The predicted octanol–water partition coefficient (Wildman–Crippen LogP) is 2.00. The number of ether oxygens (including phenoxy) is 1. The first-order valence-electron chi connectivity index (χ1n) is 8.29. The highest BCUT2D eigenvalue weighted by Crippen LogP contribution is 2.19. The Labute approximate surface area is 155 Å². The van der Waals surface area contributed by atoms with Crippen molar-refractivity contribution in [1.29, 1.82) is 0 Å². The number of amides is 1. The third kappa shape index (κ3) is 4.12. The summed E-state index contributed by atoms with van der Waals surface area (Å²) in [6.07, 6.45) is 2.62. The van der Waals surface area contributed by atoms with Crippen LogP contribution in [0, 0.1) is 0 Å². The van der Waals surface area contributed by atoms with E-state index in [1.807, 2.05) is 48.0 Å². The molecule has 7 heteroatoms. The molecule has 0 aliphatic rings. The number of hydrogen-bond donors (Lipinski definition) is 3. The normalized spacial score (nSPS) is 13.3. The van der Waals surface area contributed by atoms with Gasteiger partial charge in [-0.3, -0.25) is 4.79 Å². The lowest BCUT2D eigenvalue weighted by Gasteiger charge is -2.18. The first-order chi connectivity index (χ1) is 12.6. The highest BCUT2D eigenvalue weighted by Gasteiger charge is 2.25. The van der Waals surface area contributed by atoms with Crippen molar-refractivity contribution in [2.45, 2.75) is 24.9 Å². The van der Waals surface area contributed by atoms with Crippen LogP contribution in [0.5, 0.6) is 0 Å². The summed E-state index contributed by atoms with van der Waals surface area (Å²) < 4.78 is 4.81. The number of carbonyl (C=O) groups is 2. The third-order valence-corrected chi connectivity index (χ3v) is 5.14. The van der Waals surface area contributed by atoms with Gasteiger partial charge in [0.1, 0.15) is 6.04 Å². The molecule has 0 aliphatic carbocycles. The maximum absolute atomic E-state index is 12.5. The van der Waals surface area contributed by atoms with Crippen molar-refractivity contribution in [3.05, 3.63) is 58.4 Å². The number of carbonyl (C=O) groups excluding carboxylic acids is 2. The van der Waals surface area contributed by atoms with Crippen LogP contribution in [-0.4, -0.2) is 36.1 Å². The van der Waals surface area contributed by atoms with Gasteiger partial charge in [-0.2, -0.15) is 0 Å². The average molecular weight is 371 g/mol. The molecule has 3 rings (SSSR count). The topological polar surface area (TPSA) is 97.2 Å². The van der Waals surface area contributed by atoms with Crippen LogP contribution in [0.2, 0.25) is 0 Å². The van der Waals surface area contributed by atoms with E-state index < -0.39 is 18.1 Å². The zero-order valence-electron chi connectivity index (χ0n) is 14.4. The molecular weight excluding hydrogens is 350 g/mol. The van der Waals surface area contributed by atoms with Gasteiger partial charge in [0, 0.05) is 28.4 Å². The van der Waals surface area contributed by atoms with E-state index in [4.69, 9.17) is 10.5 Å². The molecule has 2 aromatic heterocycles. The minimum atomic E-state index is -0.760. The SMILES string of the molecule is COC(=O)C(Cc1cccs1)NC(=O)C(N)Cc1c[nH]c2ccccc12. The number of aromatic amines is 1. The van der Waals surface area contributed by atoms with Crippen LogP contribution in [0.3, 0.4) is 0 Å². The van der Waals surface area contributed by atoms with Crippen LogP contribution < -0.4 is 11.1 Å². The molecule has 0 saturated heterocycles. The van der Waals surface area contributed by atoms with Gasteiger partial charge in [0.15, 0.2) is 0 Å². The number of nitrogens with two attached hydrogens (primary N) is 1. The molecule has 0 fully saturated rings. The van der Waals surface area contributed by atoms with Crippen LogP contribution in [0.15, 0.2) is 48.0 Å². The highest BCUT2D eigenvalue weighted by atomic mass is 32.1. The van der Waals surface area contributed by atoms with Gasteiger partial charge in [0.25, 0.3) is 0 Å². The van der Waals surface area contributed by atoms with Crippen molar-refractivity contribution in [1.82, 2.24) is 10.3 Å². The zero-order valence-corrected chi connectivity index (χ0v) is 15.2. The van der Waals surface area contributed by atoms with Gasteiger partial charge in [-0.25, -0.2) is 4.79 Å². The number of H-pyrrole nitrogens is 1. The molecule has 1 amide bonds. The number of rotatable bonds is 7. The highest BCUT2D eigenvalue weighted by molar-refractivity contribution is 7.09. The van der Waals surface area contributed by atoms with Gasteiger partial charge < -0.3 is 20.8 Å². The maximum atomic E-state index is 12.5. The lowest BCUT2D eigenvalue weighted by molar-refractivity contribution is -0.145. The summed E-state index contributed by atoms with van der Waals surface area (Å²) in [6.45, 7) is 0. The van der Waals surface area contributed by atoms with Crippen molar-refractivity contribution >= 4 is 34.1 Å². The minimum Gasteiger partial charge on any atom is -0.467 e. The van der Waals surface area contributed by atoms with E-state index in [9.17, 15) is 9.59 Å². The maximum Gasteiger partial charge on any atom is 0.328 e. The number of fused-ring (bicyclic) bond motifs is 1. The monoisotopic (exact) mass is 371 g/mol. The van der Waals surface area contributed by atoms with Crippen molar-refractivity contribution in [2.24, 2.45) is 5.73 Å². The van der Waals surface area contributed by atoms with Crippen molar-refractivity contribution in [2.75, 3.05) is 7.11 Å². The second-order valence-corrected chi connectivity index (χ2v) is 7.07. The molecule has 0 spiro atoms. The molecular formula is C19H21N3O3S. The molecule has 1 aromatic carbocycles. The van der Waals surface area contributed by atoms with Crippen LogP contribution in [0.25, 0.3) is 10.9 Å². The van der Waals surface area contributed by atoms with Gasteiger partial charge >= 0.3 is 5.97 Å². The zero-order chi connectivity index (χ0) is 18.5. The second kappa shape index (κ2) is 8.16. The molecule has 0 radical (unpaired) electrons. The lowest BCUT2D eigenvalue weighted by Crippen LogP contribution is -2.50. The molecule has 0 saturated carbocycles. The Kier molecular flexibility index (Phi) is 5.70. The number of esters is 1. The van der Waals surface area contributed by atoms with Gasteiger partial charge in [-0.15, -0.1) is 11.3 Å². The van der Waals surface area contributed by atoms with Gasteiger partial charge in [0.05, 0.1) is 13.2 Å². The number of benzene rings is 1. The number of para-hydroxylation sites is 1. The Balaban J connectivity index is 1.67. The minimum absolute atomic E-state index is 0.373. The summed E-state index contributed by atoms with van der Waals surface area (Å²) in [5, 5.41) is 5.69. The lowest BCUT2D eigenvalue weighted by atomic mass is 10.0. The molecule has 26 heavy (non-hydrogen) atoms. The number of aromatic nitrogens is 1. The van der Waals surface area contributed by atoms with E-state index in [0.29, 0.717) is 12.8 Å². The van der Waals surface area contributed by atoms with Gasteiger partial charge in [-0.05, 0) is 29.5 Å². The Morgan fingerprint density at radius 2 is 2.04 bits per heavy atom. The van der Waals surface area contributed by atoms with Crippen molar-refractivity contribution < 1.29 is 14.3 Å². The first kappa shape index (κ1) is 18.2. The second-order valence-electron chi connectivity index (χ2n) is 6.04. The molecule has 0 bridgehead atoms. The van der Waals surface area contributed by atoms with Crippen molar-refractivity contribution in [3.63, 3.8) is 0 Å². The van der Waals surface area contributed by atoms with E-state index in [1.165, 1.54) is 18.4 Å². The molecule has 2 unspecified atom stereocenters. The fourth-order valence-corrected chi connectivity index (χ4v) is 3.63. The van der Waals surface area contributed by atoms with Crippen LogP contribution >= 0.6 is 11.3 Å². The van der Waals surface area contributed by atoms with Gasteiger partial charge in [0.2, 0.25) is 5.91 Å². The van der Waals surface area contributed by atoms with Crippen LogP contribution in [0.1, 0.15) is 10.4 Å². The third-order valence-electron chi connectivity index (χ3n) is 4.24. The summed E-state index contributed by atoms with van der Waals surface area (Å²) in [6, 6.07) is 10.2. The molecule has 2 atom stereocenters.